The first-order valence-corrected chi connectivity index (χ1v) is 7.26. The van der Waals surface area contributed by atoms with Gasteiger partial charge in [0.1, 0.15) is 0 Å². The number of hydrogen-bond acceptors (Lipinski definition) is 2. The minimum atomic E-state index is 0.646. The summed E-state index contributed by atoms with van der Waals surface area (Å²) in [5.74, 6) is 2.87. The van der Waals surface area contributed by atoms with Crippen molar-refractivity contribution in [3.05, 3.63) is 53.2 Å². The second-order valence-electron chi connectivity index (χ2n) is 4.96. The van der Waals surface area contributed by atoms with Crippen LogP contribution in [0.2, 0.25) is 5.02 Å². The number of hydrogen-bond donors (Lipinski definition) is 0. The molecule has 0 saturated carbocycles. The first-order chi connectivity index (χ1) is 10.6. The van der Waals surface area contributed by atoms with Gasteiger partial charge in [0.05, 0.1) is 37.1 Å². The lowest BCUT2D eigenvalue weighted by atomic mass is 10.0. The molecule has 1 heterocycles. The molecule has 2 aromatic carbocycles. The summed E-state index contributed by atoms with van der Waals surface area (Å²) < 4.78 is 16.7. The zero-order valence-electron chi connectivity index (χ0n) is 12.6. The van der Waals surface area contributed by atoms with Crippen LogP contribution < -0.4 is 9.47 Å². The van der Waals surface area contributed by atoms with Crippen LogP contribution in [0.3, 0.4) is 0 Å². The maximum Gasteiger partial charge on any atom is 0.369 e. The minimum Gasteiger partial charge on any atom is -0.493 e. The van der Waals surface area contributed by atoms with Gasteiger partial charge in [-0.3, -0.25) is 0 Å². The third kappa shape index (κ3) is 2.48. The number of halogens is 1. The highest BCUT2D eigenvalue weighted by Crippen LogP contribution is 2.39. The lowest BCUT2D eigenvalue weighted by Crippen LogP contribution is -1.92. The highest BCUT2D eigenvalue weighted by atomic mass is 35.5. The van der Waals surface area contributed by atoms with Crippen molar-refractivity contribution in [2.45, 2.75) is 6.92 Å². The van der Waals surface area contributed by atoms with Crippen molar-refractivity contribution in [1.82, 2.24) is 0 Å². The fourth-order valence-corrected chi connectivity index (χ4v) is 2.74. The van der Waals surface area contributed by atoms with Gasteiger partial charge in [-0.25, -0.2) is 4.42 Å². The van der Waals surface area contributed by atoms with Crippen molar-refractivity contribution in [3.63, 3.8) is 0 Å². The van der Waals surface area contributed by atoms with Crippen LogP contribution in [0, 0.1) is 6.92 Å². The molecule has 4 heteroatoms. The average Bonchev–Trinajstić information content (AvgIpc) is 2.53. The van der Waals surface area contributed by atoms with E-state index in [1.165, 1.54) is 0 Å². The lowest BCUT2D eigenvalue weighted by molar-refractivity contribution is 0.355. The van der Waals surface area contributed by atoms with Gasteiger partial charge in [-0.05, 0) is 18.2 Å². The van der Waals surface area contributed by atoms with Crippen molar-refractivity contribution in [2.24, 2.45) is 0 Å². The normalized spacial score (nSPS) is 10.7. The van der Waals surface area contributed by atoms with E-state index in [1.54, 1.807) is 14.2 Å². The molecule has 3 nitrogen and oxygen atoms in total. The molecule has 0 bridgehead atoms. The van der Waals surface area contributed by atoms with Gasteiger partial charge in [-0.2, -0.15) is 0 Å². The Labute approximate surface area is 134 Å². The van der Waals surface area contributed by atoms with E-state index < -0.39 is 0 Å². The Morgan fingerprint density at radius 3 is 2.32 bits per heavy atom. The van der Waals surface area contributed by atoms with Gasteiger partial charge in [0.15, 0.2) is 11.5 Å². The van der Waals surface area contributed by atoms with Crippen LogP contribution in [0.4, 0.5) is 0 Å². The van der Waals surface area contributed by atoms with Gasteiger partial charge in [-0.15, -0.1) is 0 Å². The maximum atomic E-state index is 6.33. The van der Waals surface area contributed by atoms with Gasteiger partial charge in [0.25, 0.3) is 0 Å². The Kier molecular flexibility index (Phi) is 3.90. The second kappa shape index (κ2) is 5.85. The molecule has 0 saturated heterocycles. The second-order valence-corrected chi connectivity index (χ2v) is 5.37. The van der Waals surface area contributed by atoms with E-state index in [1.807, 2.05) is 49.4 Å². The zero-order valence-corrected chi connectivity index (χ0v) is 13.4. The summed E-state index contributed by atoms with van der Waals surface area (Å²) in [5.41, 5.74) is 0.852. The van der Waals surface area contributed by atoms with Crippen LogP contribution >= 0.6 is 11.6 Å². The molecule has 112 valence electrons. The van der Waals surface area contributed by atoms with E-state index >= 15 is 0 Å². The highest BCUT2D eigenvalue weighted by molar-refractivity contribution is 6.33. The van der Waals surface area contributed by atoms with Crippen LogP contribution in [-0.2, 0) is 0 Å². The molecule has 22 heavy (non-hydrogen) atoms. The van der Waals surface area contributed by atoms with Crippen molar-refractivity contribution >= 4 is 22.4 Å². The molecule has 0 aliphatic carbocycles. The average molecular weight is 316 g/mol. The Bertz CT molecular complexity index is 843. The molecule has 0 aliphatic rings. The van der Waals surface area contributed by atoms with Crippen LogP contribution in [0.5, 0.6) is 11.5 Å². The minimum absolute atomic E-state index is 0.646. The van der Waals surface area contributed by atoms with Crippen molar-refractivity contribution in [3.8, 4) is 22.8 Å². The monoisotopic (exact) mass is 315 g/mol. The third-order valence-corrected chi connectivity index (χ3v) is 3.87. The summed E-state index contributed by atoms with van der Waals surface area (Å²) in [6.45, 7) is 1.91. The van der Waals surface area contributed by atoms with E-state index in [0.29, 0.717) is 16.5 Å². The summed E-state index contributed by atoms with van der Waals surface area (Å²) in [6, 6.07) is 13.4. The lowest BCUT2D eigenvalue weighted by Gasteiger charge is -2.09. The Hall–Kier alpha value is -2.26. The Morgan fingerprint density at radius 1 is 0.955 bits per heavy atom. The van der Waals surface area contributed by atoms with Gasteiger partial charge in [0.2, 0.25) is 0 Å². The molecular weight excluding hydrogens is 300 g/mol. The molecule has 0 spiro atoms. The molecule has 0 amide bonds. The molecule has 0 unspecified atom stereocenters. The molecule has 0 aliphatic heterocycles. The van der Waals surface area contributed by atoms with Gasteiger partial charge >= 0.3 is 11.5 Å². The molecule has 3 rings (SSSR count). The number of rotatable bonds is 3. The Morgan fingerprint density at radius 2 is 1.64 bits per heavy atom. The standard InChI is InChI=1S/C18H16ClO3/c1-11-8-12-9-16(20-2)17(21-3)10-14(12)18(22-11)13-6-4-5-7-15(13)19/h4-10H,1-3H3/q+1. The number of fused-ring (bicyclic) bond motifs is 1. The zero-order chi connectivity index (χ0) is 15.7. The first-order valence-electron chi connectivity index (χ1n) is 6.88. The molecule has 3 aromatic rings. The van der Waals surface area contributed by atoms with Crippen LogP contribution in [0.25, 0.3) is 22.1 Å². The van der Waals surface area contributed by atoms with Crippen LogP contribution in [-0.4, -0.2) is 14.2 Å². The smallest absolute Gasteiger partial charge is 0.369 e. The van der Waals surface area contributed by atoms with Crippen molar-refractivity contribution in [1.29, 1.82) is 0 Å². The summed E-state index contributed by atoms with van der Waals surface area (Å²) in [7, 11) is 3.24. The van der Waals surface area contributed by atoms with Crippen molar-refractivity contribution in [2.75, 3.05) is 14.2 Å². The summed E-state index contributed by atoms with van der Waals surface area (Å²) in [6.07, 6.45) is 0. The summed E-state index contributed by atoms with van der Waals surface area (Å²) in [4.78, 5) is 0. The molecule has 1 aromatic heterocycles. The number of aryl methyl sites for hydroxylation is 1. The van der Waals surface area contributed by atoms with Gasteiger partial charge < -0.3 is 9.47 Å². The quantitative estimate of drug-likeness (QED) is 0.609. The fourth-order valence-electron chi connectivity index (χ4n) is 2.52. The molecule has 0 N–H and O–H groups in total. The molecule has 0 radical (unpaired) electrons. The van der Waals surface area contributed by atoms with Gasteiger partial charge in [0, 0.05) is 17.5 Å². The van der Waals surface area contributed by atoms with Crippen molar-refractivity contribution < 1.29 is 13.9 Å². The van der Waals surface area contributed by atoms with E-state index in [4.69, 9.17) is 25.5 Å². The van der Waals surface area contributed by atoms with E-state index in [2.05, 4.69) is 0 Å². The SMILES string of the molecule is COc1cc2cc(C)[o+]c(-c3ccccc3Cl)c2cc1OC. The third-order valence-electron chi connectivity index (χ3n) is 3.54. The Balaban J connectivity index is 2.37. The highest BCUT2D eigenvalue weighted by Gasteiger charge is 2.23. The topological polar surface area (TPSA) is 29.8 Å². The first kappa shape index (κ1) is 14.7. The van der Waals surface area contributed by atoms with E-state index in [0.717, 1.165) is 27.9 Å². The van der Waals surface area contributed by atoms with Crippen LogP contribution in [0.15, 0.2) is 46.9 Å². The summed E-state index contributed by atoms with van der Waals surface area (Å²) in [5, 5.41) is 2.58. The fraction of sp³-hybridized carbons (Fsp3) is 0.167. The molecular formula is C18H16ClO3+. The predicted molar refractivity (Wildman–Crippen MR) is 88.9 cm³/mol. The number of benzene rings is 2. The van der Waals surface area contributed by atoms with Gasteiger partial charge in [-0.1, -0.05) is 23.7 Å². The maximum absolute atomic E-state index is 6.33. The summed E-state index contributed by atoms with van der Waals surface area (Å²) >= 11 is 6.33. The predicted octanol–water partition coefficient (Wildman–Crippen LogP) is 5.36. The van der Waals surface area contributed by atoms with Crippen LogP contribution in [0.1, 0.15) is 5.76 Å². The molecule has 0 fully saturated rings. The van der Waals surface area contributed by atoms with E-state index in [-0.39, 0.29) is 0 Å². The number of ether oxygens (including phenoxy) is 2. The number of methoxy groups -OCH3 is 2. The van der Waals surface area contributed by atoms with E-state index in [9.17, 15) is 0 Å². The molecule has 0 atom stereocenters. The largest absolute Gasteiger partial charge is 0.493 e.